The van der Waals surface area contributed by atoms with Crippen LogP contribution in [0.15, 0.2) is 42.9 Å². The Morgan fingerprint density at radius 2 is 1.88 bits per heavy atom. The third-order valence-electron chi connectivity index (χ3n) is 5.02. The molecule has 2 N–H and O–H groups in total. The molecule has 0 saturated heterocycles. The first-order valence-corrected chi connectivity index (χ1v) is 10.2. The molecule has 0 bridgehead atoms. The van der Waals surface area contributed by atoms with E-state index in [1.807, 2.05) is 6.92 Å². The zero-order valence-electron chi connectivity index (χ0n) is 18.3. The summed E-state index contributed by atoms with van der Waals surface area (Å²) >= 11 is 0. The Morgan fingerprint density at radius 3 is 2.61 bits per heavy atom. The zero-order valence-corrected chi connectivity index (χ0v) is 18.3. The molecule has 0 aliphatic carbocycles. The average Bonchev–Trinajstić information content (AvgIpc) is 3.26. The summed E-state index contributed by atoms with van der Waals surface area (Å²) in [7, 11) is 3.04. The summed E-state index contributed by atoms with van der Waals surface area (Å²) in [6, 6.07) is 7.70. The van der Waals surface area contributed by atoms with Crippen molar-refractivity contribution >= 4 is 22.5 Å². The Labute approximate surface area is 188 Å². The summed E-state index contributed by atoms with van der Waals surface area (Å²) in [6.07, 6.45) is 3.57. The summed E-state index contributed by atoms with van der Waals surface area (Å²) in [5, 5.41) is 10.1. The van der Waals surface area contributed by atoms with Gasteiger partial charge in [-0.3, -0.25) is 9.89 Å². The smallest absolute Gasteiger partial charge is 0.230 e. The van der Waals surface area contributed by atoms with Crippen molar-refractivity contribution in [2.75, 3.05) is 19.5 Å². The summed E-state index contributed by atoms with van der Waals surface area (Å²) in [5.41, 5.74) is 2.49. The molecule has 10 heteroatoms. The van der Waals surface area contributed by atoms with E-state index in [0.717, 1.165) is 5.69 Å². The average molecular weight is 451 g/mol. The highest BCUT2D eigenvalue weighted by Gasteiger charge is 2.15. The van der Waals surface area contributed by atoms with Crippen molar-refractivity contribution in [1.29, 1.82) is 0 Å². The second kappa shape index (κ2) is 9.51. The van der Waals surface area contributed by atoms with Crippen molar-refractivity contribution < 1.29 is 23.4 Å². The van der Waals surface area contributed by atoms with Crippen molar-refractivity contribution in [2.45, 2.75) is 19.8 Å². The van der Waals surface area contributed by atoms with Gasteiger partial charge in [0.15, 0.2) is 23.1 Å². The molecule has 2 heterocycles. The van der Waals surface area contributed by atoms with Crippen LogP contribution < -0.4 is 19.5 Å². The van der Waals surface area contributed by atoms with Crippen LogP contribution in [0, 0.1) is 5.82 Å². The van der Waals surface area contributed by atoms with Crippen LogP contribution in [0.3, 0.4) is 0 Å². The minimum atomic E-state index is -0.620. The van der Waals surface area contributed by atoms with Gasteiger partial charge in [-0.2, -0.15) is 5.10 Å². The number of carbonyl (C=O) groups excluding carboxylic acids is 1. The van der Waals surface area contributed by atoms with Gasteiger partial charge >= 0.3 is 0 Å². The standard InChI is InChI=1S/C23H22FN5O4/c1-4-16-18(11-27-29-16)28-22(30)8-13-5-6-19(15(24)7-13)33-23-14-9-20(31-2)21(32-3)10-17(14)25-12-26-23/h5-7,9-12H,4,8H2,1-3H3,(H,27,29)(H,28,30). The Hall–Kier alpha value is -4.21. The minimum absolute atomic E-state index is 0.00103. The summed E-state index contributed by atoms with van der Waals surface area (Å²) in [4.78, 5) is 20.7. The predicted octanol–water partition coefficient (Wildman–Crippen LogP) is 4.05. The molecular formula is C23H22FN5O4. The maximum absolute atomic E-state index is 14.8. The lowest BCUT2D eigenvalue weighted by atomic mass is 10.1. The van der Waals surface area contributed by atoms with Gasteiger partial charge in [0, 0.05) is 6.07 Å². The number of aryl methyl sites for hydroxylation is 1. The molecule has 2 aromatic carbocycles. The molecule has 4 aromatic rings. The maximum Gasteiger partial charge on any atom is 0.230 e. The molecule has 0 atom stereocenters. The van der Waals surface area contributed by atoms with Crippen molar-refractivity contribution in [3.05, 3.63) is 59.9 Å². The van der Waals surface area contributed by atoms with Crippen molar-refractivity contribution in [3.63, 3.8) is 0 Å². The zero-order chi connectivity index (χ0) is 23.4. The van der Waals surface area contributed by atoms with Gasteiger partial charge in [0.25, 0.3) is 0 Å². The molecular weight excluding hydrogens is 429 g/mol. The molecule has 2 aromatic heterocycles. The highest BCUT2D eigenvalue weighted by molar-refractivity contribution is 5.92. The molecule has 9 nitrogen and oxygen atoms in total. The van der Waals surface area contributed by atoms with E-state index in [1.165, 1.54) is 32.7 Å². The number of halogens is 1. The lowest BCUT2D eigenvalue weighted by Gasteiger charge is -2.12. The van der Waals surface area contributed by atoms with Gasteiger partial charge in [-0.15, -0.1) is 0 Å². The van der Waals surface area contributed by atoms with E-state index in [4.69, 9.17) is 14.2 Å². The normalized spacial score (nSPS) is 10.8. The number of hydrogen-bond donors (Lipinski definition) is 2. The van der Waals surface area contributed by atoms with E-state index in [2.05, 4.69) is 25.5 Å². The number of rotatable bonds is 8. The molecule has 33 heavy (non-hydrogen) atoms. The lowest BCUT2D eigenvalue weighted by Crippen LogP contribution is -2.15. The quantitative estimate of drug-likeness (QED) is 0.416. The van der Waals surface area contributed by atoms with Crippen LogP contribution in [0.4, 0.5) is 10.1 Å². The van der Waals surface area contributed by atoms with E-state index in [-0.39, 0.29) is 24.0 Å². The number of methoxy groups -OCH3 is 2. The van der Waals surface area contributed by atoms with Gasteiger partial charge in [-0.1, -0.05) is 13.0 Å². The van der Waals surface area contributed by atoms with Crippen LogP contribution in [0.1, 0.15) is 18.2 Å². The number of benzene rings is 2. The first kappa shape index (κ1) is 22.0. The Balaban J connectivity index is 1.53. The van der Waals surface area contributed by atoms with Crippen LogP contribution >= 0.6 is 0 Å². The first-order chi connectivity index (χ1) is 16.0. The highest BCUT2D eigenvalue weighted by atomic mass is 19.1. The number of ether oxygens (including phenoxy) is 3. The molecule has 0 fully saturated rings. The number of nitrogens with zero attached hydrogens (tertiary/aromatic N) is 3. The van der Waals surface area contributed by atoms with E-state index in [0.29, 0.717) is 40.1 Å². The predicted molar refractivity (Wildman–Crippen MR) is 119 cm³/mol. The molecule has 170 valence electrons. The number of carbonyl (C=O) groups is 1. The number of aromatic amines is 1. The Kier molecular flexibility index (Phi) is 6.34. The van der Waals surface area contributed by atoms with Crippen LogP contribution in [0.5, 0.6) is 23.1 Å². The van der Waals surface area contributed by atoms with E-state index in [9.17, 15) is 9.18 Å². The van der Waals surface area contributed by atoms with Crippen molar-refractivity contribution in [2.24, 2.45) is 0 Å². The first-order valence-electron chi connectivity index (χ1n) is 10.2. The van der Waals surface area contributed by atoms with Crippen molar-refractivity contribution in [3.8, 4) is 23.1 Å². The lowest BCUT2D eigenvalue weighted by molar-refractivity contribution is -0.115. The van der Waals surface area contributed by atoms with Gasteiger partial charge in [-0.05, 0) is 30.2 Å². The summed E-state index contributed by atoms with van der Waals surface area (Å²) in [5.74, 6) is 0.210. The second-order valence-corrected chi connectivity index (χ2v) is 7.11. The van der Waals surface area contributed by atoms with Gasteiger partial charge in [-0.25, -0.2) is 14.4 Å². The molecule has 4 rings (SSSR count). The second-order valence-electron chi connectivity index (χ2n) is 7.11. The molecule has 0 spiro atoms. The van der Waals surface area contributed by atoms with Gasteiger partial charge < -0.3 is 19.5 Å². The third kappa shape index (κ3) is 4.69. The number of H-pyrrole nitrogens is 1. The van der Waals surface area contributed by atoms with Gasteiger partial charge in [0.05, 0.1) is 49.1 Å². The van der Waals surface area contributed by atoms with E-state index >= 15 is 0 Å². The maximum atomic E-state index is 14.8. The highest BCUT2D eigenvalue weighted by Crippen LogP contribution is 2.36. The molecule has 0 radical (unpaired) electrons. The number of hydrogen-bond acceptors (Lipinski definition) is 7. The number of nitrogens with one attached hydrogen (secondary N) is 2. The number of anilines is 1. The van der Waals surface area contributed by atoms with Gasteiger partial charge in [0.2, 0.25) is 11.8 Å². The SMILES string of the molecule is CCc1[nH]ncc1NC(=O)Cc1ccc(Oc2ncnc3cc(OC)c(OC)cc23)c(F)c1. The molecule has 0 aliphatic rings. The fourth-order valence-corrected chi connectivity index (χ4v) is 3.35. The summed E-state index contributed by atoms with van der Waals surface area (Å²) in [6.45, 7) is 1.95. The van der Waals surface area contributed by atoms with Crippen LogP contribution in [0.25, 0.3) is 10.9 Å². The molecule has 0 saturated carbocycles. The number of amides is 1. The minimum Gasteiger partial charge on any atom is -0.493 e. The molecule has 1 amide bonds. The number of fused-ring (bicyclic) bond motifs is 1. The number of aromatic nitrogens is 4. The fraction of sp³-hybridized carbons (Fsp3) is 0.217. The largest absolute Gasteiger partial charge is 0.493 e. The van der Waals surface area contributed by atoms with Crippen LogP contribution in [0.2, 0.25) is 0 Å². The topological polar surface area (TPSA) is 111 Å². The van der Waals surface area contributed by atoms with Crippen molar-refractivity contribution in [1.82, 2.24) is 20.2 Å². The molecule has 0 aliphatic heterocycles. The van der Waals surface area contributed by atoms with Gasteiger partial charge in [0.1, 0.15) is 6.33 Å². The Bertz CT molecular complexity index is 1310. The monoisotopic (exact) mass is 451 g/mol. The Morgan fingerprint density at radius 1 is 1.09 bits per heavy atom. The van der Waals surface area contributed by atoms with E-state index < -0.39 is 5.82 Å². The van der Waals surface area contributed by atoms with Crippen LogP contribution in [-0.2, 0) is 17.6 Å². The van der Waals surface area contributed by atoms with Crippen LogP contribution in [-0.4, -0.2) is 40.3 Å². The fourth-order valence-electron chi connectivity index (χ4n) is 3.35. The third-order valence-corrected chi connectivity index (χ3v) is 5.02. The summed E-state index contributed by atoms with van der Waals surface area (Å²) < 4.78 is 31.1. The molecule has 0 unspecified atom stereocenters. The van der Waals surface area contributed by atoms with E-state index in [1.54, 1.807) is 24.4 Å².